The number of benzene rings is 2. The molecule has 1 unspecified atom stereocenters. The normalized spacial score (nSPS) is 17.2. The van der Waals surface area contributed by atoms with Gasteiger partial charge < -0.3 is 10.0 Å². The molecule has 1 aliphatic rings. The lowest BCUT2D eigenvalue weighted by Crippen LogP contribution is -2.32. The average Bonchev–Trinajstić information content (AvgIpc) is 3.05. The van der Waals surface area contributed by atoms with Crippen molar-refractivity contribution >= 4 is 11.9 Å². The molecule has 2 aromatic rings. The summed E-state index contributed by atoms with van der Waals surface area (Å²) in [5.74, 6) is -1.00. The van der Waals surface area contributed by atoms with Gasteiger partial charge in [0.1, 0.15) is 0 Å². The molecule has 1 atom stereocenters. The quantitative estimate of drug-likeness (QED) is 0.943. The maximum Gasteiger partial charge on any atom is 0.335 e. The molecule has 0 spiro atoms. The Labute approximate surface area is 135 Å². The predicted molar refractivity (Wildman–Crippen MR) is 87.2 cm³/mol. The Kier molecular flexibility index (Phi) is 4.42. The zero-order valence-electron chi connectivity index (χ0n) is 12.8. The Morgan fingerprint density at radius 2 is 1.74 bits per heavy atom. The fourth-order valence-electron chi connectivity index (χ4n) is 3.23. The number of carbonyl (C=O) groups is 2. The van der Waals surface area contributed by atoms with E-state index in [4.69, 9.17) is 0 Å². The highest BCUT2D eigenvalue weighted by Crippen LogP contribution is 2.32. The van der Waals surface area contributed by atoms with E-state index in [1.54, 1.807) is 24.3 Å². The van der Waals surface area contributed by atoms with E-state index in [1.807, 2.05) is 35.2 Å². The van der Waals surface area contributed by atoms with Crippen molar-refractivity contribution in [3.63, 3.8) is 0 Å². The molecule has 1 amide bonds. The van der Waals surface area contributed by atoms with Crippen LogP contribution in [0.2, 0.25) is 0 Å². The van der Waals surface area contributed by atoms with E-state index >= 15 is 0 Å². The van der Waals surface area contributed by atoms with Crippen molar-refractivity contribution in [2.45, 2.75) is 25.3 Å². The molecule has 1 heterocycles. The molecular formula is C19H19NO3. The SMILES string of the molecule is O=C(O)c1ccccc1CC(=O)N1CCCC1c1ccccc1. The van der Waals surface area contributed by atoms with Gasteiger partial charge in [-0.05, 0) is 30.0 Å². The lowest BCUT2D eigenvalue weighted by atomic mass is 10.0. The first-order valence-electron chi connectivity index (χ1n) is 7.82. The number of likely N-dealkylation sites (tertiary alicyclic amines) is 1. The van der Waals surface area contributed by atoms with Crippen LogP contribution in [0.3, 0.4) is 0 Å². The third kappa shape index (κ3) is 3.26. The van der Waals surface area contributed by atoms with Crippen LogP contribution in [0.5, 0.6) is 0 Å². The van der Waals surface area contributed by atoms with Gasteiger partial charge in [-0.1, -0.05) is 48.5 Å². The van der Waals surface area contributed by atoms with Crippen LogP contribution in [0, 0.1) is 0 Å². The van der Waals surface area contributed by atoms with Gasteiger partial charge in [-0.15, -0.1) is 0 Å². The van der Waals surface area contributed by atoms with Crippen LogP contribution < -0.4 is 0 Å². The summed E-state index contributed by atoms with van der Waals surface area (Å²) in [5.41, 5.74) is 1.92. The first kappa shape index (κ1) is 15.3. The Balaban J connectivity index is 1.79. The molecule has 0 bridgehead atoms. The van der Waals surface area contributed by atoms with Crippen LogP contribution in [0.25, 0.3) is 0 Å². The summed E-state index contributed by atoms with van der Waals surface area (Å²) in [6.45, 7) is 0.730. The lowest BCUT2D eigenvalue weighted by Gasteiger charge is -2.25. The van der Waals surface area contributed by atoms with Crippen molar-refractivity contribution in [1.82, 2.24) is 4.90 Å². The minimum Gasteiger partial charge on any atom is -0.478 e. The van der Waals surface area contributed by atoms with E-state index in [-0.39, 0.29) is 23.9 Å². The first-order valence-corrected chi connectivity index (χ1v) is 7.82. The highest BCUT2D eigenvalue weighted by molar-refractivity contribution is 5.91. The van der Waals surface area contributed by atoms with Crippen molar-refractivity contribution in [3.05, 3.63) is 71.3 Å². The molecule has 0 saturated carbocycles. The van der Waals surface area contributed by atoms with Crippen LogP contribution >= 0.6 is 0 Å². The monoisotopic (exact) mass is 309 g/mol. The second kappa shape index (κ2) is 6.65. The number of amides is 1. The summed E-state index contributed by atoms with van der Waals surface area (Å²) in [7, 11) is 0. The summed E-state index contributed by atoms with van der Waals surface area (Å²) in [4.78, 5) is 25.9. The molecule has 0 radical (unpaired) electrons. The van der Waals surface area contributed by atoms with E-state index in [2.05, 4.69) is 0 Å². The Hall–Kier alpha value is -2.62. The minimum atomic E-state index is -0.991. The van der Waals surface area contributed by atoms with Crippen molar-refractivity contribution in [2.75, 3.05) is 6.54 Å². The van der Waals surface area contributed by atoms with E-state index in [9.17, 15) is 14.7 Å². The largest absolute Gasteiger partial charge is 0.478 e. The fraction of sp³-hybridized carbons (Fsp3) is 0.263. The number of nitrogens with zero attached hydrogens (tertiary/aromatic N) is 1. The fourth-order valence-corrected chi connectivity index (χ4v) is 3.23. The number of carbonyl (C=O) groups excluding carboxylic acids is 1. The molecule has 1 N–H and O–H groups in total. The van der Waals surface area contributed by atoms with Crippen LogP contribution in [-0.4, -0.2) is 28.4 Å². The van der Waals surface area contributed by atoms with E-state index in [0.29, 0.717) is 5.56 Å². The Morgan fingerprint density at radius 1 is 1.04 bits per heavy atom. The van der Waals surface area contributed by atoms with Crippen LogP contribution in [0.4, 0.5) is 0 Å². The van der Waals surface area contributed by atoms with Crippen molar-refractivity contribution < 1.29 is 14.7 Å². The van der Waals surface area contributed by atoms with Gasteiger partial charge in [0.05, 0.1) is 18.0 Å². The summed E-state index contributed by atoms with van der Waals surface area (Å²) >= 11 is 0. The van der Waals surface area contributed by atoms with Crippen molar-refractivity contribution in [2.24, 2.45) is 0 Å². The van der Waals surface area contributed by atoms with Gasteiger partial charge in [0, 0.05) is 6.54 Å². The van der Waals surface area contributed by atoms with Gasteiger partial charge in [-0.2, -0.15) is 0 Å². The molecule has 1 saturated heterocycles. The second-order valence-corrected chi connectivity index (χ2v) is 5.79. The summed E-state index contributed by atoms with van der Waals surface area (Å²) in [6, 6.07) is 16.8. The van der Waals surface area contributed by atoms with E-state index in [1.165, 1.54) is 0 Å². The van der Waals surface area contributed by atoms with Crippen LogP contribution in [0.1, 0.15) is 40.4 Å². The van der Waals surface area contributed by atoms with Gasteiger partial charge in [-0.25, -0.2) is 4.79 Å². The maximum absolute atomic E-state index is 12.7. The molecule has 1 aliphatic heterocycles. The standard InChI is InChI=1S/C19H19NO3/c21-18(13-15-9-4-5-10-16(15)19(22)23)20-12-6-11-17(20)14-7-2-1-3-8-14/h1-5,7-10,17H,6,11-13H2,(H,22,23). The Bertz CT molecular complexity index is 712. The first-order chi connectivity index (χ1) is 11.2. The maximum atomic E-state index is 12.7. The lowest BCUT2D eigenvalue weighted by molar-refractivity contribution is -0.131. The molecule has 2 aromatic carbocycles. The molecule has 3 rings (SSSR count). The number of carboxylic acid groups (broad SMARTS) is 1. The molecule has 118 valence electrons. The van der Waals surface area contributed by atoms with Gasteiger partial charge in [0.25, 0.3) is 0 Å². The number of hydrogen-bond donors (Lipinski definition) is 1. The van der Waals surface area contributed by atoms with Gasteiger partial charge in [0.15, 0.2) is 0 Å². The molecule has 1 fully saturated rings. The molecule has 23 heavy (non-hydrogen) atoms. The van der Waals surface area contributed by atoms with Crippen LogP contribution in [-0.2, 0) is 11.2 Å². The van der Waals surface area contributed by atoms with Gasteiger partial charge in [-0.3, -0.25) is 4.79 Å². The van der Waals surface area contributed by atoms with E-state index in [0.717, 1.165) is 24.9 Å². The molecule has 0 aromatic heterocycles. The summed E-state index contributed by atoms with van der Waals surface area (Å²) in [5, 5.41) is 9.25. The second-order valence-electron chi connectivity index (χ2n) is 5.79. The zero-order chi connectivity index (χ0) is 16.2. The van der Waals surface area contributed by atoms with E-state index < -0.39 is 5.97 Å². The average molecular weight is 309 g/mol. The topological polar surface area (TPSA) is 57.6 Å². The molecule has 4 nitrogen and oxygen atoms in total. The highest BCUT2D eigenvalue weighted by atomic mass is 16.4. The van der Waals surface area contributed by atoms with Crippen molar-refractivity contribution in [3.8, 4) is 0 Å². The predicted octanol–water partition coefficient (Wildman–Crippen LogP) is 3.29. The third-order valence-electron chi connectivity index (χ3n) is 4.35. The minimum absolute atomic E-state index is 0.00921. The van der Waals surface area contributed by atoms with Crippen molar-refractivity contribution in [1.29, 1.82) is 0 Å². The number of hydrogen-bond acceptors (Lipinski definition) is 2. The summed E-state index contributed by atoms with van der Waals surface area (Å²) < 4.78 is 0. The molecule has 4 heteroatoms. The highest BCUT2D eigenvalue weighted by Gasteiger charge is 2.30. The van der Waals surface area contributed by atoms with Gasteiger partial charge >= 0.3 is 5.97 Å². The number of rotatable bonds is 4. The number of carboxylic acids is 1. The van der Waals surface area contributed by atoms with Crippen LogP contribution in [0.15, 0.2) is 54.6 Å². The van der Waals surface area contributed by atoms with Gasteiger partial charge in [0.2, 0.25) is 5.91 Å². The summed E-state index contributed by atoms with van der Waals surface area (Å²) in [6.07, 6.45) is 2.06. The zero-order valence-corrected chi connectivity index (χ0v) is 12.8. The Morgan fingerprint density at radius 3 is 2.48 bits per heavy atom. The number of aromatic carboxylic acids is 1. The third-order valence-corrected chi connectivity index (χ3v) is 4.35. The molecule has 0 aliphatic carbocycles. The smallest absolute Gasteiger partial charge is 0.335 e. The molecular weight excluding hydrogens is 290 g/mol.